The molecule has 2 unspecified atom stereocenters. The van der Waals surface area contributed by atoms with Gasteiger partial charge in [0.25, 0.3) is 0 Å². The molecule has 0 bridgehead atoms. The third-order valence-corrected chi connectivity index (χ3v) is 2.62. The summed E-state index contributed by atoms with van der Waals surface area (Å²) in [7, 11) is 0. The Morgan fingerprint density at radius 2 is 2.38 bits per heavy atom. The van der Waals surface area contributed by atoms with Crippen molar-refractivity contribution < 1.29 is 10.2 Å². The van der Waals surface area contributed by atoms with Crippen LogP contribution in [-0.2, 0) is 0 Å². The van der Waals surface area contributed by atoms with Gasteiger partial charge in [-0.15, -0.1) is 0 Å². The summed E-state index contributed by atoms with van der Waals surface area (Å²) in [4.78, 5) is 0. The fourth-order valence-electron chi connectivity index (χ4n) is 1.02. The summed E-state index contributed by atoms with van der Waals surface area (Å²) in [6, 6.07) is 2.28. The van der Waals surface area contributed by atoms with Crippen LogP contribution < -0.4 is 5.32 Å². The molecule has 4 heteroatoms. The minimum atomic E-state index is -0.666. The van der Waals surface area contributed by atoms with Crippen molar-refractivity contribution in [1.29, 1.82) is 0 Å². The van der Waals surface area contributed by atoms with E-state index in [2.05, 4.69) is 10.7 Å². The number of aliphatic hydroxyl groups excluding tert-OH is 2. The molecule has 1 aromatic heterocycles. The van der Waals surface area contributed by atoms with Crippen molar-refractivity contribution in [2.75, 3.05) is 13.2 Å². The Hall–Kier alpha value is -0.420. The maximum atomic E-state index is 9.09. The molecule has 0 spiro atoms. The van der Waals surface area contributed by atoms with Gasteiger partial charge in [0.1, 0.15) is 0 Å². The molecule has 0 aliphatic carbocycles. The molecule has 74 valence electrons. The Kier molecular flexibility index (Phi) is 4.38. The highest BCUT2D eigenvalue weighted by Crippen LogP contribution is 2.14. The molecule has 0 amide bonds. The lowest BCUT2D eigenvalue weighted by atomic mass is 10.2. The summed E-state index contributed by atoms with van der Waals surface area (Å²) in [5.41, 5.74) is 1.22. The maximum absolute atomic E-state index is 9.09. The molecule has 2 atom stereocenters. The van der Waals surface area contributed by atoms with Gasteiger partial charge in [-0.2, -0.15) is 11.3 Å². The van der Waals surface area contributed by atoms with Gasteiger partial charge >= 0.3 is 0 Å². The lowest BCUT2D eigenvalue weighted by molar-refractivity contribution is 0.0924. The van der Waals surface area contributed by atoms with Crippen LogP contribution >= 0.6 is 11.3 Å². The fraction of sp³-hybridized carbons (Fsp3) is 0.556. The smallest absolute Gasteiger partial charge is 0.0895 e. The average Bonchev–Trinajstić information content (AvgIpc) is 2.66. The van der Waals surface area contributed by atoms with E-state index < -0.39 is 6.10 Å². The van der Waals surface area contributed by atoms with Crippen LogP contribution in [0.5, 0.6) is 0 Å². The minimum absolute atomic E-state index is 0.191. The Labute approximate surface area is 82.0 Å². The number of thiophene rings is 1. The van der Waals surface area contributed by atoms with Gasteiger partial charge < -0.3 is 15.5 Å². The second-order valence-electron chi connectivity index (χ2n) is 3.02. The molecule has 3 nitrogen and oxygen atoms in total. The highest BCUT2D eigenvalue weighted by atomic mass is 32.1. The third kappa shape index (κ3) is 3.44. The molecule has 0 fully saturated rings. The average molecular weight is 201 g/mol. The van der Waals surface area contributed by atoms with Gasteiger partial charge in [0.2, 0.25) is 0 Å². The van der Waals surface area contributed by atoms with Gasteiger partial charge in [-0.25, -0.2) is 0 Å². The van der Waals surface area contributed by atoms with Gasteiger partial charge in [-0.3, -0.25) is 0 Å². The molecule has 0 saturated carbocycles. The van der Waals surface area contributed by atoms with E-state index in [4.69, 9.17) is 10.2 Å². The zero-order valence-electron chi connectivity index (χ0n) is 7.60. The Morgan fingerprint density at radius 1 is 1.62 bits per heavy atom. The normalized spacial score (nSPS) is 15.6. The van der Waals surface area contributed by atoms with Crippen molar-refractivity contribution in [2.45, 2.75) is 19.1 Å². The van der Waals surface area contributed by atoms with Crippen LogP contribution in [0.2, 0.25) is 0 Å². The van der Waals surface area contributed by atoms with Crippen molar-refractivity contribution in [3.63, 3.8) is 0 Å². The van der Waals surface area contributed by atoms with Gasteiger partial charge in [-0.05, 0) is 29.3 Å². The first-order valence-corrected chi connectivity index (χ1v) is 5.22. The van der Waals surface area contributed by atoms with Crippen LogP contribution in [-0.4, -0.2) is 29.5 Å². The fourth-order valence-corrected chi connectivity index (χ4v) is 1.77. The minimum Gasteiger partial charge on any atom is -0.394 e. The van der Waals surface area contributed by atoms with E-state index in [-0.39, 0.29) is 12.6 Å². The van der Waals surface area contributed by atoms with E-state index in [1.807, 2.05) is 18.4 Å². The zero-order chi connectivity index (χ0) is 9.68. The molecule has 1 aromatic rings. The number of rotatable bonds is 5. The van der Waals surface area contributed by atoms with Gasteiger partial charge in [0.05, 0.1) is 12.7 Å². The second-order valence-corrected chi connectivity index (χ2v) is 3.80. The lowest BCUT2D eigenvalue weighted by Crippen LogP contribution is -2.31. The predicted molar refractivity (Wildman–Crippen MR) is 53.8 cm³/mol. The zero-order valence-corrected chi connectivity index (χ0v) is 8.42. The molecule has 1 heterocycles. The van der Waals surface area contributed by atoms with Crippen molar-refractivity contribution in [3.05, 3.63) is 22.4 Å². The number of nitrogens with one attached hydrogen (secondary N) is 1. The van der Waals surface area contributed by atoms with Gasteiger partial charge in [-0.1, -0.05) is 0 Å². The number of hydrogen-bond acceptors (Lipinski definition) is 4. The van der Waals surface area contributed by atoms with Crippen LogP contribution in [0.1, 0.15) is 18.5 Å². The molecule has 0 aliphatic rings. The summed E-state index contributed by atoms with van der Waals surface area (Å²) < 4.78 is 0. The molecule has 1 rings (SSSR count). The van der Waals surface area contributed by atoms with Crippen molar-refractivity contribution in [2.24, 2.45) is 0 Å². The van der Waals surface area contributed by atoms with Gasteiger partial charge in [0.15, 0.2) is 0 Å². The quantitative estimate of drug-likeness (QED) is 0.659. The van der Waals surface area contributed by atoms with Crippen LogP contribution in [0.3, 0.4) is 0 Å². The standard InChI is InChI=1S/C9H15NO2S/c1-7(8-2-3-13-6-8)10-4-9(12)5-11/h2-3,6-7,9-12H,4-5H2,1H3. The summed E-state index contributed by atoms with van der Waals surface area (Å²) in [6.07, 6.45) is -0.666. The molecule has 0 saturated heterocycles. The molecular formula is C9H15NO2S. The number of hydrogen-bond donors (Lipinski definition) is 3. The highest BCUT2D eigenvalue weighted by Gasteiger charge is 2.07. The molecule has 3 N–H and O–H groups in total. The van der Waals surface area contributed by atoms with Gasteiger partial charge in [0, 0.05) is 12.6 Å². The maximum Gasteiger partial charge on any atom is 0.0895 e. The third-order valence-electron chi connectivity index (χ3n) is 1.91. The topological polar surface area (TPSA) is 52.5 Å². The van der Waals surface area contributed by atoms with E-state index in [1.165, 1.54) is 5.56 Å². The van der Waals surface area contributed by atoms with Crippen LogP contribution in [0.15, 0.2) is 16.8 Å². The molecule has 13 heavy (non-hydrogen) atoms. The van der Waals surface area contributed by atoms with Crippen LogP contribution in [0.4, 0.5) is 0 Å². The largest absolute Gasteiger partial charge is 0.394 e. The first kappa shape index (κ1) is 10.7. The molecular weight excluding hydrogens is 186 g/mol. The Bertz CT molecular complexity index is 226. The Morgan fingerprint density at radius 3 is 2.92 bits per heavy atom. The van der Waals surface area contributed by atoms with Crippen LogP contribution in [0.25, 0.3) is 0 Å². The van der Waals surface area contributed by atoms with E-state index >= 15 is 0 Å². The van der Waals surface area contributed by atoms with Crippen molar-refractivity contribution >= 4 is 11.3 Å². The highest BCUT2D eigenvalue weighted by molar-refractivity contribution is 7.07. The summed E-state index contributed by atoms with van der Waals surface area (Å²) in [5.74, 6) is 0. The van der Waals surface area contributed by atoms with E-state index in [0.717, 1.165) is 0 Å². The molecule has 0 aromatic carbocycles. The first-order chi connectivity index (χ1) is 6.24. The first-order valence-electron chi connectivity index (χ1n) is 4.28. The van der Waals surface area contributed by atoms with Crippen molar-refractivity contribution in [3.8, 4) is 0 Å². The predicted octanol–water partition coefficient (Wildman–Crippen LogP) is 0.752. The summed E-state index contributed by atoms with van der Waals surface area (Å²) in [6.45, 7) is 2.27. The Balaban J connectivity index is 2.30. The number of aliphatic hydroxyl groups is 2. The van der Waals surface area contributed by atoms with Crippen molar-refractivity contribution in [1.82, 2.24) is 5.32 Å². The summed E-state index contributed by atoms with van der Waals surface area (Å²) >= 11 is 1.66. The SMILES string of the molecule is CC(NCC(O)CO)c1ccsc1. The second kappa shape index (κ2) is 5.34. The van der Waals surface area contributed by atoms with E-state index in [1.54, 1.807) is 11.3 Å². The van der Waals surface area contributed by atoms with E-state index in [9.17, 15) is 0 Å². The molecule has 0 radical (unpaired) electrons. The lowest BCUT2D eigenvalue weighted by Gasteiger charge is -2.14. The molecule has 0 aliphatic heterocycles. The summed E-state index contributed by atoms with van der Waals surface area (Å²) in [5, 5.41) is 24.9. The monoisotopic (exact) mass is 201 g/mol. The van der Waals surface area contributed by atoms with E-state index in [0.29, 0.717) is 6.54 Å². The van der Waals surface area contributed by atoms with Crippen LogP contribution in [0, 0.1) is 0 Å².